The molecule has 104 valence electrons. The highest BCUT2D eigenvalue weighted by molar-refractivity contribution is 7.99. The molecule has 1 rings (SSSR count). The minimum atomic E-state index is -0.290. The number of hydrogen-bond donors (Lipinski definition) is 2. The van der Waals surface area contributed by atoms with E-state index in [-0.39, 0.29) is 18.5 Å². The number of hydrogen-bond acceptors (Lipinski definition) is 5. The van der Waals surface area contributed by atoms with Crippen LogP contribution in [-0.2, 0) is 13.1 Å². The van der Waals surface area contributed by atoms with Gasteiger partial charge in [-0.3, -0.25) is 0 Å². The van der Waals surface area contributed by atoms with Crippen molar-refractivity contribution >= 4 is 24.2 Å². The van der Waals surface area contributed by atoms with Crippen LogP contribution in [0.25, 0.3) is 0 Å². The van der Waals surface area contributed by atoms with Gasteiger partial charge in [0.05, 0.1) is 12.6 Å². The van der Waals surface area contributed by atoms with Crippen LogP contribution in [0.4, 0.5) is 0 Å². The molecule has 1 aromatic heterocycles. The topological polar surface area (TPSA) is 63.0 Å². The molecule has 1 aromatic rings. The zero-order chi connectivity index (χ0) is 12.7. The van der Waals surface area contributed by atoms with Crippen molar-refractivity contribution in [3.8, 4) is 0 Å². The highest BCUT2D eigenvalue weighted by Crippen LogP contribution is 2.18. The van der Waals surface area contributed by atoms with E-state index in [0.717, 1.165) is 17.4 Å². The maximum absolute atomic E-state index is 9.54. The standard InChI is InChI=1S/C11H20N4OS.ClH/c1-4-6-15-10(7-12-3)13-14-11(15)17-8-9(16)5-2;/h4,9,12,16H,1,5-8H2,2-3H3;1H. The van der Waals surface area contributed by atoms with Gasteiger partial charge in [0.15, 0.2) is 5.16 Å². The summed E-state index contributed by atoms with van der Waals surface area (Å²) in [5, 5.41) is 21.7. The molecule has 0 radical (unpaired) electrons. The summed E-state index contributed by atoms with van der Waals surface area (Å²) in [6.45, 7) is 7.07. The Morgan fingerprint density at radius 2 is 2.28 bits per heavy atom. The third-order valence-electron chi connectivity index (χ3n) is 2.32. The molecule has 5 nitrogen and oxygen atoms in total. The largest absolute Gasteiger partial charge is 0.392 e. The van der Waals surface area contributed by atoms with Crippen molar-refractivity contribution in [2.24, 2.45) is 0 Å². The van der Waals surface area contributed by atoms with Gasteiger partial charge in [-0.1, -0.05) is 24.8 Å². The highest BCUT2D eigenvalue weighted by atomic mass is 35.5. The van der Waals surface area contributed by atoms with Crippen molar-refractivity contribution < 1.29 is 5.11 Å². The summed E-state index contributed by atoms with van der Waals surface area (Å²) < 4.78 is 2.01. The van der Waals surface area contributed by atoms with E-state index in [0.29, 0.717) is 18.8 Å². The first-order valence-corrected chi connectivity index (χ1v) is 6.69. The number of aliphatic hydroxyl groups is 1. The Morgan fingerprint density at radius 1 is 1.56 bits per heavy atom. The Labute approximate surface area is 118 Å². The van der Waals surface area contributed by atoms with Crippen molar-refractivity contribution in [2.45, 2.75) is 37.7 Å². The lowest BCUT2D eigenvalue weighted by molar-refractivity contribution is 0.195. The van der Waals surface area contributed by atoms with Crippen LogP contribution < -0.4 is 5.32 Å². The molecule has 0 bridgehead atoms. The lowest BCUT2D eigenvalue weighted by Gasteiger charge is -2.09. The van der Waals surface area contributed by atoms with E-state index < -0.39 is 0 Å². The third kappa shape index (κ3) is 4.97. The highest BCUT2D eigenvalue weighted by Gasteiger charge is 2.12. The minimum absolute atomic E-state index is 0. The molecule has 1 atom stereocenters. The second-order valence-electron chi connectivity index (χ2n) is 3.70. The molecule has 7 heteroatoms. The van der Waals surface area contributed by atoms with Crippen LogP contribution in [0.5, 0.6) is 0 Å². The molecular weight excluding hydrogens is 272 g/mol. The zero-order valence-electron chi connectivity index (χ0n) is 10.8. The molecule has 1 unspecified atom stereocenters. The smallest absolute Gasteiger partial charge is 0.191 e. The Morgan fingerprint density at radius 3 is 2.83 bits per heavy atom. The average molecular weight is 293 g/mol. The van der Waals surface area contributed by atoms with E-state index in [1.807, 2.05) is 24.6 Å². The van der Waals surface area contributed by atoms with Crippen molar-refractivity contribution in [2.75, 3.05) is 12.8 Å². The number of aromatic nitrogens is 3. The predicted molar refractivity (Wildman–Crippen MR) is 77.3 cm³/mol. The Hall–Kier alpha value is -0.560. The van der Waals surface area contributed by atoms with Gasteiger partial charge >= 0.3 is 0 Å². The average Bonchev–Trinajstić information content (AvgIpc) is 2.70. The number of thioether (sulfide) groups is 1. The lowest BCUT2D eigenvalue weighted by Crippen LogP contribution is -2.13. The van der Waals surface area contributed by atoms with Crippen molar-refractivity contribution in [1.82, 2.24) is 20.1 Å². The molecule has 0 aromatic carbocycles. The summed E-state index contributed by atoms with van der Waals surface area (Å²) in [6, 6.07) is 0. The molecule has 1 heterocycles. The molecule has 0 fully saturated rings. The molecule has 0 aliphatic rings. The fourth-order valence-corrected chi connectivity index (χ4v) is 2.33. The quantitative estimate of drug-likeness (QED) is 0.561. The number of nitrogens with zero attached hydrogens (tertiary/aromatic N) is 3. The van der Waals surface area contributed by atoms with E-state index in [2.05, 4.69) is 22.1 Å². The molecule has 0 saturated heterocycles. The molecule has 0 saturated carbocycles. The van der Waals surface area contributed by atoms with Crippen molar-refractivity contribution in [3.05, 3.63) is 18.5 Å². The fraction of sp³-hybridized carbons (Fsp3) is 0.636. The number of aliphatic hydroxyl groups excluding tert-OH is 1. The van der Waals surface area contributed by atoms with Crippen molar-refractivity contribution in [3.63, 3.8) is 0 Å². The Bertz CT molecular complexity index is 359. The number of nitrogens with one attached hydrogen (secondary N) is 1. The van der Waals surface area contributed by atoms with Crippen LogP contribution >= 0.6 is 24.2 Å². The third-order valence-corrected chi connectivity index (χ3v) is 3.43. The van der Waals surface area contributed by atoms with Crippen LogP contribution in [0.15, 0.2) is 17.8 Å². The number of halogens is 1. The van der Waals surface area contributed by atoms with Crippen LogP contribution in [0.3, 0.4) is 0 Å². The van der Waals surface area contributed by atoms with Gasteiger partial charge in [0.2, 0.25) is 0 Å². The van der Waals surface area contributed by atoms with Gasteiger partial charge in [0.25, 0.3) is 0 Å². The van der Waals surface area contributed by atoms with Gasteiger partial charge in [-0.05, 0) is 13.5 Å². The van der Waals surface area contributed by atoms with Gasteiger partial charge in [-0.2, -0.15) is 0 Å². The predicted octanol–water partition coefficient (Wildman–Crippen LogP) is 1.47. The summed E-state index contributed by atoms with van der Waals surface area (Å²) >= 11 is 1.53. The van der Waals surface area contributed by atoms with E-state index in [4.69, 9.17) is 0 Å². The van der Waals surface area contributed by atoms with Crippen molar-refractivity contribution in [1.29, 1.82) is 0 Å². The van der Waals surface area contributed by atoms with Gasteiger partial charge < -0.3 is 15.0 Å². The maximum atomic E-state index is 9.54. The summed E-state index contributed by atoms with van der Waals surface area (Å²) in [5.41, 5.74) is 0. The maximum Gasteiger partial charge on any atom is 0.191 e. The summed E-state index contributed by atoms with van der Waals surface area (Å²) in [7, 11) is 1.88. The summed E-state index contributed by atoms with van der Waals surface area (Å²) in [4.78, 5) is 0. The molecule has 0 aliphatic carbocycles. The Kier molecular flexibility index (Phi) is 9.09. The molecular formula is C11H21ClN4OS. The molecule has 0 amide bonds. The van der Waals surface area contributed by atoms with Gasteiger partial charge in [0, 0.05) is 12.3 Å². The molecule has 2 N–H and O–H groups in total. The lowest BCUT2D eigenvalue weighted by atomic mass is 10.3. The molecule has 0 aliphatic heterocycles. The first-order chi connectivity index (χ1) is 8.22. The summed E-state index contributed by atoms with van der Waals surface area (Å²) in [6.07, 6.45) is 2.29. The minimum Gasteiger partial charge on any atom is -0.392 e. The van der Waals surface area contributed by atoms with Gasteiger partial charge in [0.1, 0.15) is 5.82 Å². The first-order valence-electron chi connectivity index (χ1n) is 5.71. The van der Waals surface area contributed by atoms with Crippen LogP contribution in [0, 0.1) is 0 Å². The van der Waals surface area contributed by atoms with E-state index >= 15 is 0 Å². The van der Waals surface area contributed by atoms with Crippen LogP contribution in [0.2, 0.25) is 0 Å². The Balaban J connectivity index is 0.00000289. The van der Waals surface area contributed by atoms with E-state index in [1.54, 1.807) is 0 Å². The van der Waals surface area contributed by atoms with Crippen LogP contribution in [0.1, 0.15) is 19.2 Å². The molecule has 0 spiro atoms. The SMILES string of the molecule is C=CCn1c(CNC)nnc1SCC(O)CC.Cl. The number of allylic oxidation sites excluding steroid dienone is 1. The monoisotopic (exact) mass is 292 g/mol. The second-order valence-corrected chi connectivity index (χ2v) is 4.69. The summed E-state index contributed by atoms with van der Waals surface area (Å²) in [5.74, 6) is 1.53. The van der Waals surface area contributed by atoms with Gasteiger partial charge in [-0.15, -0.1) is 29.2 Å². The van der Waals surface area contributed by atoms with E-state index in [9.17, 15) is 5.11 Å². The number of rotatable bonds is 8. The zero-order valence-corrected chi connectivity index (χ0v) is 12.4. The molecule has 18 heavy (non-hydrogen) atoms. The fourth-order valence-electron chi connectivity index (χ4n) is 1.32. The second kappa shape index (κ2) is 9.38. The van der Waals surface area contributed by atoms with E-state index in [1.165, 1.54) is 11.8 Å². The first kappa shape index (κ1) is 17.4. The normalized spacial score (nSPS) is 11.9. The van der Waals surface area contributed by atoms with Gasteiger partial charge in [-0.25, -0.2) is 0 Å². The van der Waals surface area contributed by atoms with Crippen LogP contribution in [-0.4, -0.2) is 38.8 Å².